The highest BCUT2D eigenvalue weighted by molar-refractivity contribution is 5.97. The number of carbonyl (C=O) groups excluding carboxylic acids is 2. The molecule has 0 heterocycles. The highest BCUT2D eigenvalue weighted by Gasteiger charge is 2.25. The Morgan fingerprint density at radius 2 is 1.60 bits per heavy atom. The van der Waals surface area contributed by atoms with Gasteiger partial charge in [-0.25, -0.2) is 5.48 Å². The lowest BCUT2D eigenvalue weighted by molar-refractivity contribution is -0.133. The maximum Gasteiger partial charge on any atom is 0.268 e. The number of nitrogens with two attached hydrogens (primary N) is 1. The Hall–Kier alpha value is -3.78. The maximum atomic E-state index is 12.2. The number of carbonyl (C=O) groups is 2. The number of benzene rings is 2. The number of amides is 2. The Morgan fingerprint density at radius 3 is 2.13 bits per heavy atom. The summed E-state index contributed by atoms with van der Waals surface area (Å²) in [6.07, 6.45) is -1.18. The van der Waals surface area contributed by atoms with Gasteiger partial charge in [0, 0.05) is 22.4 Å². The van der Waals surface area contributed by atoms with Crippen LogP contribution in [0.1, 0.15) is 41.4 Å². The van der Waals surface area contributed by atoms with Crippen molar-refractivity contribution in [1.82, 2.24) is 10.8 Å². The number of aliphatic hydroxyl groups is 1. The molecule has 2 rings (SSSR count). The van der Waals surface area contributed by atoms with Gasteiger partial charge in [-0.2, -0.15) is 0 Å². The summed E-state index contributed by atoms with van der Waals surface area (Å²) in [5.41, 5.74) is 10.6. The Balaban J connectivity index is 0.00000450. The Labute approximate surface area is 176 Å². The van der Waals surface area contributed by atoms with E-state index >= 15 is 0 Å². The molecule has 0 unspecified atom stereocenters. The minimum atomic E-state index is -1.28. The summed E-state index contributed by atoms with van der Waals surface area (Å²) in [6, 6.07) is 10.6. The SMILES string of the molecule is C.Cc1ccc(C#CC#Cc2ccc(C(=O)N[C@H](C(=O)NO)[C@@H](C)O)cc2)cc1N. The van der Waals surface area contributed by atoms with Gasteiger partial charge in [-0.15, -0.1) is 0 Å². The minimum absolute atomic E-state index is 0. The van der Waals surface area contributed by atoms with Crippen molar-refractivity contribution in [3.05, 3.63) is 64.7 Å². The first-order valence-electron chi connectivity index (χ1n) is 8.73. The summed E-state index contributed by atoms with van der Waals surface area (Å²) < 4.78 is 0. The van der Waals surface area contributed by atoms with Crippen molar-refractivity contribution in [2.75, 3.05) is 5.73 Å². The quantitative estimate of drug-likeness (QED) is 0.228. The van der Waals surface area contributed by atoms with Crippen molar-refractivity contribution in [3.63, 3.8) is 0 Å². The van der Waals surface area contributed by atoms with Crippen LogP contribution in [0.4, 0.5) is 5.69 Å². The summed E-state index contributed by atoms with van der Waals surface area (Å²) >= 11 is 0. The molecule has 0 aliphatic carbocycles. The molecule has 0 fully saturated rings. The fourth-order valence-corrected chi connectivity index (χ4v) is 2.33. The maximum absolute atomic E-state index is 12.2. The molecule has 2 aromatic rings. The highest BCUT2D eigenvalue weighted by Crippen LogP contribution is 2.11. The van der Waals surface area contributed by atoms with E-state index in [9.17, 15) is 14.7 Å². The average Bonchev–Trinajstić information content (AvgIpc) is 2.71. The van der Waals surface area contributed by atoms with Crippen LogP contribution in [0.15, 0.2) is 42.5 Å². The topological polar surface area (TPSA) is 125 Å². The zero-order chi connectivity index (χ0) is 21.4. The van der Waals surface area contributed by atoms with Crippen molar-refractivity contribution >= 4 is 17.5 Å². The zero-order valence-corrected chi connectivity index (χ0v) is 16.0. The number of anilines is 1. The number of rotatable bonds is 4. The standard InChI is InChI=1S/C22H21N3O4.CH4/c1-14-7-8-17(13-19(14)23)6-4-3-5-16-9-11-18(12-10-16)21(27)24-20(15(2)26)22(28)25-29;/h7-13,15,20,26,29H,23H2,1-2H3,(H,24,27)(H,25,28);1H4/t15-,20+;/m1./s1. The second kappa shape index (κ2) is 11.3. The van der Waals surface area contributed by atoms with E-state index in [4.69, 9.17) is 10.9 Å². The summed E-state index contributed by atoms with van der Waals surface area (Å²) in [7, 11) is 0. The molecule has 7 heteroatoms. The van der Waals surface area contributed by atoms with Gasteiger partial charge in [0.05, 0.1) is 6.10 Å². The third kappa shape index (κ3) is 6.68. The molecular weight excluding hydrogens is 382 g/mol. The number of hydrogen-bond acceptors (Lipinski definition) is 5. The monoisotopic (exact) mass is 407 g/mol. The van der Waals surface area contributed by atoms with Gasteiger partial charge >= 0.3 is 0 Å². The average molecular weight is 407 g/mol. The summed E-state index contributed by atoms with van der Waals surface area (Å²) in [5, 5.41) is 20.6. The first-order valence-corrected chi connectivity index (χ1v) is 8.73. The molecule has 0 saturated heterocycles. The van der Waals surface area contributed by atoms with Crippen LogP contribution in [0.5, 0.6) is 0 Å². The molecule has 0 saturated carbocycles. The third-order valence-electron chi connectivity index (χ3n) is 4.06. The van der Waals surface area contributed by atoms with Gasteiger partial charge < -0.3 is 16.2 Å². The molecular formula is C23H25N3O4. The molecule has 0 spiro atoms. The van der Waals surface area contributed by atoms with E-state index in [1.54, 1.807) is 18.2 Å². The number of nitrogen functional groups attached to an aromatic ring is 1. The number of nitrogens with one attached hydrogen (secondary N) is 2. The summed E-state index contributed by atoms with van der Waals surface area (Å²) in [5.74, 6) is 9.78. The fraction of sp³-hybridized carbons (Fsp3) is 0.217. The molecule has 2 amide bonds. The van der Waals surface area contributed by atoms with Gasteiger partial charge in [0.1, 0.15) is 6.04 Å². The van der Waals surface area contributed by atoms with Gasteiger partial charge in [0.25, 0.3) is 11.8 Å². The Morgan fingerprint density at radius 1 is 1.03 bits per heavy atom. The molecule has 6 N–H and O–H groups in total. The van der Waals surface area contributed by atoms with Crippen LogP contribution in [0.2, 0.25) is 0 Å². The molecule has 0 radical (unpaired) electrons. The molecule has 7 nitrogen and oxygen atoms in total. The number of hydroxylamine groups is 1. The van der Waals surface area contributed by atoms with Gasteiger partial charge in [0.2, 0.25) is 0 Å². The lowest BCUT2D eigenvalue weighted by Crippen LogP contribution is -2.51. The van der Waals surface area contributed by atoms with Crippen LogP contribution in [-0.2, 0) is 4.79 Å². The lowest BCUT2D eigenvalue weighted by atomic mass is 10.1. The number of aliphatic hydroxyl groups excluding tert-OH is 1. The van der Waals surface area contributed by atoms with Crippen molar-refractivity contribution in [2.45, 2.75) is 33.4 Å². The highest BCUT2D eigenvalue weighted by atomic mass is 16.5. The molecule has 156 valence electrons. The van der Waals surface area contributed by atoms with E-state index in [0.29, 0.717) is 11.3 Å². The third-order valence-corrected chi connectivity index (χ3v) is 4.06. The molecule has 0 aliphatic heterocycles. The largest absolute Gasteiger partial charge is 0.398 e. The first-order chi connectivity index (χ1) is 13.8. The van der Waals surface area contributed by atoms with Gasteiger partial charge in [-0.3, -0.25) is 14.8 Å². The van der Waals surface area contributed by atoms with Crippen LogP contribution >= 0.6 is 0 Å². The van der Waals surface area contributed by atoms with Crippen molar-refractivity contribution < 1.29 is 19.9 Å². The van der Waals surface area contributed by atoms with E-state index in [1.807, 2.05) is 19.1 Å². The zero-order valence-electron chi connectivity index (χ0n) is 16.0. The van der Waals surface area contributed by atoms with Crippen molar-refractivity contribution in [3.8, 4) is 23.7 Å². The van der Waals surface area contributed by atoms with Crippen LogP contribution in [0, 0.1) is 30.6 Å². The van der Waals surface area contributed by atoms with Crippen LogP contribution < -0.4 is 16.5 Å². The van der Waals surface area contributed by atoms with E-state index < -0.39 is 24.0 Å². The van der Waals surface area contributed by atoms with E-state index in [0.717, 1.165) is 11.1 Å². The first kappa shape index (κ1) is 24.3. The summed E-state index contributed by atoms with van der Waals surface area (Å²) in [6.45, 7) is 3.24. The molecule has 2 aromatic carbocycles. The normalized spacial score (nSPS) is 11.3. The predicted molar refractivity (Wildman–Crippen MR) is 115 cm³/mol. The second-order valence-corrected chi connectivity index (χ2v) is 6.32. The van der Waals surface area contributed by atoms with Crippen LogP contribution in [0.25, 0.3) is 0 Å². The van der Waals surface area contributed by atoms with Gasteiger partial charge in [-0.05, 0) is 67.6 Å². The van der Waals surface area contributed by atoms with E-state index in [1.165, 1.54) is 24.5 Å². The lowest BCUT2D eigenvalue weighted by Gasteiger charge is -2.19. The Bertz CT molecular complexity index is 1020. The Kier molecular flexibility index (Phi) is 9.12. The number of hydrogen-bond donors (Lipinski definition) is 5. The second-order valence-electron chi connectivity index (χ2n) is 6.32. The molecule has 2 atom stereocenters. The molecule has 0 bridgehead atoms. The number of aryl methyl sites for hydroxylation is 1. The van der Waals surface area contributed by atoms with Gasteiger partial charge in [-0.1, -0.05) is 25.3 Å². The van der Waals surface area contributed by atoms with Crippen LogP contribution in [0.3, 0.4) is 0 Å². The predicted octanol–water partition coefficient (Wildman–Crippen LogP) is 1.60. The van der Waals surface area contributed by atoms with E-state index in [-0.39, 0.29) is 13.0 Å². The van der Waals surface area contributed by atoms with Crippen molar-refractivity contribution in [1.29, 1.82) is 0 Å². The van der Waals surface area contributed by atoms with Crippen LogP contribution in [-0.4, -0.2) is 34.3 Å². The minimum Gasteiger partial charge on any atom is -0.398 e. The van der Waals surface area contributed by atoms with Crippen molar-refractivity contribution in [2.24, 2.45) is 0 Å². The molecule has 0 aromatic heterocycles. The van der Waals surface area contributed by atoms with Gasteiger partial charge in [0.15, 0.2) is 0 Å². The summed E-state index contributed by atoms with van der Waals surface area (Å²) in [4.78, 5) is 23.7. The van der Waals surface area contributed by atoms with E-state index in [2.05, 4.69) is 29.0 Å². The molecule has 0 aliphatic rings. The molecule has 30 heavy (non-hydrogen) atoms. The smallest absolute Gasteiger partial charge is 0.268 e. The fourth-order valence-electron chi connectivity index (χ4n) is 2.33.